The first-order chi connectivity index (χ1) is 12.2. The van der Waals surface area contributed by atoms with E-state index < -0.39 is 6.10 Å². The molecule has 3 rings (SSSR count). The van der Waals surface area contributed by atoms with Crippen molar-refractivity contribution in [3.8, 4) is 5.75 Å². The summed E-state index contributed by atoms with van der Waals surface area (Å²) in [6.07, 6.45) is 10.4. The van der Waals surface area contributed by atoms with Crippen molar-refractivity contribution < 1.29 is 9.84 Å². The van der Waals surface area contributed by atoms with Gasteiger partial charge in [-0.3, -0.25) is 4.98 Å². The Morgan fingerprint density at radius 2 is 2.08 bits per heavy atom. The topological polar surface area (TPSA) is 54.4 Å². The van der Waals surface area contributed by atoms with Crippen LogP contribution in [0, 0.1) is 0 Å². The van der Waals surface area contributed by atoms with Gasteiger partial charge in [0.1, 0.15) is 11.9 Å². The molecule has 1 aromatic heterocycles. The number of hydrogen-bond donors (Lipinski definition) is 2. The normalized spacial score (nSPS) is 15.8. The number of aliphatic hydroxyl groups excluding tert-OH is 1. The Bertz CT molecular complexity index is 723. The quantitative estimate of drug-likeness (QED) is 0.814. The average molecular weight is 336 g/mol. The molecule has 1 aliphatic heterocycles. The van der Waals surface area contributed by atoms with Gasteiger partial charge in [-0.1, -0.05) is 24.3 Å². The van der Waals surface area contributed by atoms with Crippen molar-refractivity contribution in [1.82, 2.24) is 10.3 Å². The lowest BCUT2D eigenvalue weighted by Crippen LogP contribution is -2.29. The molecule has 0 aliphatic carbocycles. The summed E-state index contributed by atoms with van der Waals surface area (Å²) in [5, 5.41) is 13.5. The van der Waals surface area contributed by atoms with Crippen LogP contribution in [-0.2, 0) is 6.42 Å². The summed E-state index contributed by atoms with van der Waals surface area (Å²) < 4.78 is 5.89. The van der Waals surface area contributed by atoms with Gasteiger partial charge in [0.25, 0.3) is 0 Å². The molecule has 0 amide bonds. The van der Waals surface area contributed by atoms with Crippen LogP contribution in [0.3, 0.4) is 0 Å². The van der Waals surface area contributed by atoms with Crippen LogP contribution in [0.15, 0.2) is 67.1 Å². The Labute approximate surface area is 148 Å². The highest BCUT2D eigenvalue weighted by molar-refractivity contribution is 5.75. The van der Waals surface area contributed by atoms with Crippen molar-refractivity contribution in [1.29, 1.82) is 0 Å². The molecule has 4 nitrogen and oxygen atoms in total. The SMILES string of the molecule is C[C@H](Oc1ccc(C2=CCNC=C2)cc1)[C@H](O)CCc1cccnc1. The van der Waals surface area contributed by atoms with Crippen LogP contribution in [-0.4, -0.2) is 28.8 Å². The number of ether oxygens (including phenoxy) is 1. The first-order valence-electron chi connectivity index (χ1n) is 8.66. The molecule has 0 radical (unpaired) electrons. The van der Waals surface area contributed by atoms with E-state index in [0.29, 0.717) is 6.42 Å². The largest absolute Gasteiger partial charge is 0.488 e. The number of rotatable bonds is 7. The number of aryl methyl sites for hydroxylation is 1. The van der Waals surface area contributed by atoms with Gasteiger partial charge in [0.05, 0.1) is 6.10 Å². The first-order valence-corrected chi connectivity index (χ1v) is 8.66. The molecule has 2 aromatic rings. The molecule has 0 unspecified atom stereocenters. The number of hydrogen-bond acceptors (Lipinski definition) is 4. The smallest absolute Gasteiger partial charge is 0.122 e. The standard InChI is InChI=1S/C21H24N2O2/c1-16(21(24)9-4-17-3-2-12-23-15-17)25-20-7-5-18(6-8-20)19-10-13-22-14-11-19/h2-3,5-8,10-13,15-16,21-22,24H,4,9,14H2,1H3/t16-,21+/m0/s1. The van der Waals surface area contributed by atoms with Crippen molar-refractivity contribution in [3.05, 3.63) is 78.3 Å². The van der Waals surface area contributed by atoms with Gasteiger partial charge in [-0.25, -0.2) is 0 Å². The van der Waals surface area contributed by atoms with E-state index >= 15 is 0 Å². The van der Waals surface area contributed by atoms with Gasteiger partial charge < -0.3 is 15.2 Å². The molecular formula is C21H24N2O2. The molecule has 2 atom stereocenters. The summed E-state index contributed by atoms with van der Waals surface area (Å²) >= 11 is 0. The second kappa shape index (κ2) is 8.49. The highest BCUT2D eigenvalue weighted by atomic mass is 16.5. The number of aromatic nitrogens is 1. The molecule has 1 aromatic carbocycles. The molecule has 130 valence electrons. The molecule has 2 N–H and O–H groups in total. The average Bonchev–Trinajstić information content (AvgIpc) is 2.68. The lowest BCUT2D eigenvalue weighted by molar-refractivity contribution is 0.0420. The number of nitrogens with zero attached hydrogens (tertiary/aromatic N) is 1. The van der Waals surface area contributed by atoms with Crippen LogP contribution < -0.4 is 10.1 Å². The minimum absolute atomic E-state index is 0.263. The molecule has 1 aliphatic rings. The lowest BCUT2D eigenvalue weighted by Gasteiger charge is -2.21. The molecule has 25 heavy (non-hydrogen) atoms. The predicted octanol–water partition coefficient (Wildman–Crippen LogP) is 3.34. The minimum Gasteiger partial charge on any atom is -0.488 e. The first kappa shape index (κ1) is 17.2. The fraction of sp³-hybridized carbons (Fsp3) is 0.286. The maximum Gasteiger partial charge on any atom is 0.122 e. The molecular weight excluding hydrogens is 312 g/mol. The van der Waals surface area contributed by atoms with E-state index in [4.69, 9.17) is 4.74 Å². The third kappa shape index (κ3) is 4.94. The Hall–Kier alpha value is -2.59. The highest BCUT2D eigenvalue weighted by Gasteiger charge is 2.16. The monoisotopic (exact) mass is 336 g/mol. The van der Waals surface area contributed by atoms with Crippen LogP contribution in [0.2, 0.25) is 0 Å². The molecule has 0 saturated heterocycles. The fourth-order valence-corrected chi connectivity index (χ4v) is 2.78. The zero-order valence-electron chi connectivity index (χ0n) is 14.4. The summed E-state index contributed by atoms with van der Waals surface area (Å²) in [6, 6.07) is 11.9. The van der Waals surface area contributed by atoms with E-state index in [1.165, 1.54) is 5.57 Å². The van der Waals surface area contributed by atoms with E-state index in [-0.39, 0.29) is 6.10 Å². The fourth-order valence-electron chi connectivity index (χ4n) is 2.78. The second-order valence-electron chi connectivity index (χ2n) is 6.22. The number of nitrogens with one attached hydrogen (secondary N) is 1. The van der Waals surface area contributed by atoms with E-state index in [2.05, 4.69) is 22.5 Å². The van der Waals surface area contributed by atoms with Crippen molar-refractivity contribution in [2.24, 2.45) is 0 Å². The van der Waals surface area contributed by atoms with Crippen LogP contribution >= 0.6 is 0 Å². The van der Waals surface area contributed by atoms with E-state index in [1.54, 1.807) is 6.20 Å². The van der Waals surface area contributed by atoms with Gasteiger partial charge in [-0.15, -0.1) is 0 Å². The van der Waals surface area contributed by atoms with Gasteiger partial charge in [0.2, 0.25) is 0 Å². The van der Waals surface area contributed by atoms with Crippen LogP contribution in [0.1, 0.15) is 24.5 Å². The molecule has 0 spiro atoms. The summed E-state index contributed by atoms with van der Waals surface area (Å²) in [5.41, 5.74) is 3.49. The Morgan fingerprint density at radius 3 is 2.76 bits per heavy atom. The van der Waals surface area contributed by atoms with Gasteiger partial charge in [-0.05, 0) is 66.9 Å². The Morgan fingerprint density at radius 1 is 1.24 bits per heavy atom. The molecule has 0 saturated carbocycles. The Balaban J connectivity index is 1.52. The molecule has 0 bridgehead atoms. The predicted molar refractivity (Wildman–Crippen MR) is 100 cm³/mol. The molecule has 4 heteroatoms. The van der Waals surface area contributed by atoms with Gasteiger partial charge in [0.15, 0.2) is 0 Å². The van der Waals surface area contributed by atoms with Crippen LogP contribution in [0.4, 0.5) is 0 Å². The number of dihydropyridines is 1. The third-order valence-electron chi connectivity index (χ3n) is 4.32. The van der Waals surface area contributed by atoms with Crippen LogP contribution in [0.5, 0.6) is 5.75 Å². The number of benzene rings is 1. The van der Waals surface area contributed by atoms with Crippen molar-refractivity contribution >= 4 is 5.57 Å². The zero-order valence-corrected chi connectivity index (χ0v) is 14.4. The highest BCUT2D eigenvalue weighted by Crippen LogP contribution is 2.22. The summed E-state index contributed by atoms with van der Waals surface area (Å²) in [5.74, 6) is 0.773. The Kier molecular flexibility index (Phi) is 5.86. The number of pyridine rings is 1. The van der Waals surface area contributed by atoms with Crippen molar-refractivity contribution in [2.45, 2.75) is 32.0 Å². The minimum atomic E-state index is -0.519. The van der Waals surface area contributed by atoms with Gasteiger partial charge >= 0.3 is 0 Å². The van der Waals surface area contributed by atoms with Crippen LogP contribution in [0.25, 0.3) is 5.57 Å². The van der Waals surface area contributed by atoms with Crippen molar-refractivity contribution in [3.63, 3.8) is 0 Å². The maximum atomic E-state index is 10.3. The van der Waals surface area contributed by atoms with E-state index in [1.807, 2.05) is 55.7 Å². The number of allylic oxidation sites excluding steroid dienone is 2. The van der Waals surface area contributed by atoms with Gasteiger partial charge in [-0.2, -0.15) is 0 Å². The third-order valence-corrected chi connectivity index (χ3v) is 4.32. The molecule has 2 heterocycles. The lowest BCUT2D eigenvalue weighted by atomic mass is 10.0. The van der Waals surface area contributed by atoms with E-state index in [9.17, 15) is 5.11 Å². The summed E-state index contributed by atoms with van der Waals surface area (Å²) in [4.78, 5) is 4.10. The zero-order chi connectivity index (χ0) is 17.5. The summed E-state index contributed by atoms with van der Waals surface area (Å²) in [7, 11) is 0. The summed E-state index contributed by atoms with van der Waals surface area (Å²) in [6.45, 7) is 2.75. The molecule has 0 fully saturated rings. The second-order valence-corrected chi connectivity index (χ2v) is 6.22. The van der Waals surface area contributed by atoms with Crippen molar-refractivity contribution in [2.75, 3.05) is 6.54 Å². The van der Waals surface area contributed by atoms with E-state index in [0.717, 1.165) is 29.8 Å². The maximum absolute atomic E-state index is 10.3. The van der Waals surface area contributed by atoms with Gasteiger partial charge in [0, 0.05) is 18.9 Å². The number of aliphatic hydroxyl groups is 1.